The van der Waals surface area contributed by atoms with Crippen LogP contribution in [0.4, 0.5) is 17.1 Å². The van der Waals surface area contributed by atoms with E-state index in [1.165, 1.54) is 83.1 Å². The molecule has 11 aromatic rings. The first-order valence-electron chi connectivity index (χ1n) is 22.6. The van der Waals surface area contributed by atoms with Crippen LogP contribution in [0.1, 0.15) is 25.0 Å². The zero-order chi connectivity index (χ0) is 43.5. The van der Waals surface area contributed by atoms with Crippen molar-refractivity contribution in [3.05, 3.63) is 254 Å². The van der Waals surface area contributed by atoms with E-state index in [0.29, 0.717) is 0 Å². The third-order valence-corrected chi connectivity index (χ3v) is 13.6. The third-order valence-electron chi connectivity index (χ3n) is 13.6. The molecule has 0 amide bonds. The van der Waals surface area contributed by atoms with Gasteiger partial charge in [-0.1, -0.05) is 202 Å². The first kappa shape index (κ1) is 38.5. The summed E-state index contributed by atoms with van der Waals surface area (Å²) in [5.41, 5.74) is 21.8. The zero-order valence-corrected chi connectivity index (χ0v) is 36.5. The van der Waals surface area contributed by atoms with Crippen molar-refractivity contribution in [3.63, 3.8) is 0 Å². The lowest BCUT2D eigenvalue weighted by Crippen LogP contribution is -2.17. The van der Waals surface area contributed by atoms with Crippen LogP contribution in [-0.4, -0.2) is 4.57 Å². The summed E-state index contributed by atoms with van der Waals surface area (Å²) in [5.74, 6) is 0. The molecule has 0 saturated carbocycles. The second-order valence-corrected chi connectivity index (χ2v) is 17.7. The molecule has 0 fully saturated rings. The van der Waals surface area contributed by atoms with Crippen molar-refractivity contribution in [2.24, 2.45) is 0 Å². The Bertz CT molecular complexity index is 3540. The zero-order valence-electron chi connectivity index (χ0n) is 36.5. The Morgan fingerprint density at radius 2 is 0.846 bits per heavy atom. The highest BCUT2D eigenvalue weighted by Crippen LogP contribution is 2.52. The van der Waals surface area contributed by atoms with E-state index in [-0.39, 0.29) is 5.41 Å². The molecule has 65 heavy (non-hydrogen) atoms. The molecule has 0 saturated heterocycles. The van der Waals surface area contributed by atoms with E-state index in [1.807, 2.05) is 0 Å². The van der Waals surface area contributed by atoms with E-state index in [4.69, 9.17) is 0 Å². The number of nitrogens with zero attached hydrogens (tertiary/aromatic N) is 2. The molecule has 2 heteroatoms. The van der Waals surface area contributed by atoms with E-state index in [1.54, 1.807) is 0 Å². The number of hydrogen-bond acceptors (Lipinski definition) is 1. The van der Waals surface area contributed by atoms with Crippen molar-refractivity contribution in [1.29, 1.82) is 0 Å². The lowest BCUT2D eigenvalue weighted by molar-refractivity contribution is 0.656. The van der Waals surface area contributed by atoms with Gasteiger partial charge in [0.2, 0.25) is 0 Å². The topological polar surface area (TPSA) is 8.17 Å². The molecule has 1 heterocycles. The maximum Gasteiger partial charge on any atom is 0.0547 e. The summed E-state index contributed by atoms with van der Waals surface area (Å²) in [6.07, 6.45) is 0. The lowest BCUT2D eigenvalue weighted by Gasteiger charge is -2.28. The van der Waals surface area contributed by atoms with Gasteiger partial charge in [-0.25, -0.2) is 0 Å². The fourth-order valence-corrected chi connectivity index (χ4v) is 10.6. The van der Waals surface area contributed by atoms with Crippen LogP contribution in [0.25, 0.3) is 83.1 Å². The molecule has 0 spiro atoms. The molecule has 0 unspecified atom stereocenters. The van der Waals surface area contributed by atoms with Gasteiger partial charge < -0.3 is 9.47 Å². The smallest absolute Gasteiger partial charge is 0.0547 e. The fraction of sp³-hybridized carbons (Fsp3) is 0.0476. The predicted molar refractivity (Wildman–Crippen MR) is 275 cm³/mol. The van der Waals surface area contributed by atoms with Gasteiger partial charge in [0.25, 0.3) is 0 Å². The monoisotopic (exact) mass is 830 g/mol. The molecule has 0 radical (unpaired) electrons. The van der Waals surface area contributed by atoms with Crippen LogP contribution < -0.4 is 4.90 Å². The maximum absolute atomic E-state index is 2.52. The van der Waals surface area contributed by atoms with E-state index in [2.05, 4.69) is 266 Å². The second-order valence-electron chi connectivity index (χ2n) is 17.7. The quantitative estimate of drug-likeness (QED) is 0.148. The number of hydrogen-bond donors (Lipinski definition) is 0. The van der Waals surface area contributed by atoms with E-state index in [9.17, 15) is 0 Å². The van der Waals surface area contributed by atoms with Crippen LogP contribution >= 0.6 is 0 Å². The Hall–Kier alpha value is -8.20. The molecule has 308 valence electrons. The standard InChI is InChI=1S/C63H46N2/c1-63(2)56-29-12-9-25-53(56)54-28-17-33-60(62(54)63)65-58-31-14-11-26-55(58)61-52(27-16-32-59(61)65)48-21-15-20-47(42-48)51-24-10-13-30-57(51)64(49-22-7-4-8-23-49)50-40-38-46(39-41-50)45-36-34-44(35-37-45)43-18-5-3-6-19-43/h3-42H,1-2H3. The number of fused-ring (bicyclic) bond motifs is 6. The highest BCUT2D eigenvalue weighted by atomic mass is 15.1. The maximum atomic E-state index is 2.52. The van der Waals surface area contributed by atoms with Crippen molar-refractivity contribution in [3.8, 4) is 61.3 Å². The van der Waals surface area contributed by atoms with Gasteiger partial charge in [0.05, 0.1) is 22.4 Å². The number of benzene rings is 10. The molecule has 0 aliphatic heterocycles. The summed E-state index contributed by atoms with van der Waals surface area (Å²) in [6, 6.07) is 88.6. The summed E-state index contributed by atoms with van der Waals surface area (Å²) >= 11 is 0. The largest absolute Gasteiger partial charge is 0.310 e. The third kappa shape index (κ3) is 6.40. The minimum Gasteiger partial charge on any atom is -0.310 e. The second kappa shape index (κ2) is 15.6. The fourth-order valence-electron chi connectivity index (χ4n) is 10.6. The Kier molecular flexibility index (Phi) is 9.21. The van der Waals surface area contributed by atoms with Gasteiger partial charge in [-0.2, -0.15) is 0 Å². The van der Waals surface area contributed by atoms with Crippen molar-refractivity contribution in [2.45, 2.75) is 19.3 Å². The van der Waals surface area contributed by atoms with Gasteiger partial charge in [0.1, 0.15) is 0 Å². The number of para-hydroxylation sites is 3. The van der Waals surface area contributed by atoms with Gasteiger partial charge in [0.15, 0.2) is 0 Å². The van der Waals surface area contributed by atoms with Gasteiger partial charge in [-0.05, 0) is 116 Å². The van der Waals surface area contributed by atoms with Crippen molar-refractivity contribution in [2.75, 3.05) is 4.90 Å². The van der Waals surface area contributed by atoms with Gasteiger partial charge in [-0.15, -0.1) is 0 Å². The number of anilines is 3. The molecule has 0 N–H and O–H groups in total. The highest BCUT2D eigenvalue weighted by Gasteiger charge is 2.38. The van der Waals surface area contributed by atoms with Crippen LogP contribution in [0.15, 0.2) is 243 Å². The Morgan fingerprint density at radius 3 is 1.60 bits per heavy atom. The Balaban J connectivity index is 0.958. The predicted octanol–water partition coefficient (Wildman–Crippen LogP) is 17.2. The molecular formula is C63H46N2. The number of aromatic nitrogens is 1. The first-order chi connectivity index (χ1) is 32.0. The average Bonchev–Trinajstić information content (AvgIpc) is 3.84. The Morgan fingerprint density at radius 1 is 0.354 bits per heavy atom. The summed E-state index contributed by atoms with van der Waals surface area (Å²) in [5, 5.41) is 2.51. The molecule has 10 aromatic carbocycles. The Labute approximate surface area is 381 Å². The molecule has 1 aliphatic carbocycles. The van der Waals surface area contributed by atoms with Crippen LogP contribution in [0.2, 0.25) is 0 Å². The van der Waals surface area contributed by atoms with Crippen molar-refractivity contribution >= 4 is 38.9 Å². The van der Waals surface area contributed by atoms with Crippen LogP contribution in [0.5, 0.6) is 0 Å². The average molecular weight is 831 g/mol. The van der Waals surface area contributed by atoms with Crippen LogP contribution in [0, 0.1) is 0 Å². The first-order valence-corrected chi connectivity index (χ1v) is 22.6. The molecule has 2 nitrogen and oxygen atoms in total. The summed E-state index contributed by atoms with van der Waals surface area (Å²) in [7, 11) is 0. The van der Waals surface area contributed by atoms with Crippen molar-refractivity contribution < 1.29 is 0 Å². The van der Waals surface area contributed by atoms with Crippen LogP contribution in [0.3, 0.4) is 0 Å². The SMILES string of the molecule is CC1(C)c2ccccc2-c2cccc(-n3c4ccccc4c4c(-c5cccc(-c6ccccc6N(c6ccccc6)c6ccc(-c7ccc(-c8ccccc8)cc7)cc6)c5)cccc43)c21. The lowest BCUT2D eigenvalue weighted by atomic mass is 9.81. The molecule has 12 rings (SSSR count). The van der Waals surface area contributed by atoms with E-state index >= 15 is 0 Å². The molecule has 0 bridgehead atoms. The molecular weight excluding hydrogens is 785 g/mol. The molecule has 0 atom stereocenters. The minimum atomic E-state index is -0.148. The van der Waals surface area contributed by atoms with Gasteiger partial charge in [0, 0.05) is 33.1 Å². The molecule has 1 aromatic heterocycles. The van der Waals surface area contributed by atoms with E-state index < -0.39 is 0 Å². The summed E-state index contributed by atoms with van der Waals surface area (Å²) in [4.78, 5) is 2.39. The van der Waals surface area contributed by atoms with Crippen LogP contribution in [-0.2, 0) is 5.41 Å². The van der Waals surface area contributed by atoms with Gasteiger partial charge in [-0.3, -0.25) is 0 Å². The minimum absolute atomic E-state index is 0.148. The summed E-state index contributed by atoms with van der Waals surface area (Å²) in [6.45, 7) is 4.76. The number of rotatable bonds is 8. The highest BCUT2D eigenvalue weighted by molar-refractivity contribution is 6.16. The van der Waals surface area contributed by atoms with E-state index in [0.717, 1.165) is 28.2 Å². The normalized spacial score (nSPS) is 12.6. The van der Waals surface area contributed by atoms with Crippen molar-refractivity contribution in [1.82, 2.24) is 4.57 Å². The molecule has 1 aliphatic rings. The van der Waals surface area contributed by atoms with Gasteiger partial charge >= 0.3 is 0 Å². The summed E-state index contributed by atoms with van der Waals surface area (Å²) < 4.78 is 2.52.